The second-order valence-corrected chi connectivity index (χ2v) is 6.66. The lowest BCUT2D eigenvalue weighted by Crippen LogP contribution is -2.41. The first-order valence-corrected chi connectivity index (χ1v) is 8.16. The Morgan fingerprint density at radius 1 is 1.32 bits per heavy atom. The van der Waals surface area contributed by atoms with Crippen LogP contribution in [0.2, 0.25) is 0 Å². The zero-order valence-electron chi connectivity index (χ0n) is 12.0. The van der Waals surface area contributed by atoms with Crippen molar-refractivity contribution in [2.75, 3.05) is 25.5 Å². The fourth-order valence-corrected chi connectivity index (χ4v) is 3.49. The summed E-state index contributed by atoms with van der Waals surface area (Å²) in [4.78, 5) is 2.54. The molecule has 2 atom stereocenters. The molecule has 0 heterocycles. The first-order chi connectivity index (χ1) is 9.16. The van der Waals surface area contributed by atoms with Crippen LogP contribution in [-0.4, -0.2) is 31.1 Å². The Labute approximate surface area is 125 Å². The summed E-state index contributed by atoms with van der Waals surface area (Å²) < 4.78 is 1.13. The number of anilines is 1. The van der Waals surface area contributed by atoms with Crippen LogP contribution in [0.15, 0.2) is 28.7 Å². The van der Waals surface area contributed by atoms with Crippen molar-refractivity contribution in [2.24, 2.45) is 5.92 Å². The predicted octanol–water partition coefficient (Wildman–Crippen LogP) is 4.37. The third-order valence-electron chi connectivity index (χ3n) is 4.25. The maximum atomic E-state index is 3.50. The molecule has 0 bridgehead atoms. The molecular weight excluding hydrogens is 300 g/mol. The van der Waals surface area contributed by atoms with E-state index in [1.165, 1.54) is 31.4 Å². The van der Waals surface area contributed by atoms with Crippen molar-refractivity contribution in [1.82, 2.24) is 4.90 Å². The average Bonchev–Trinajstić information content (AvgIpc) is 2.39. The van der Waals surface area contributed by atoms with Gasteiger partial charge in [-0.15, -0.1) is 0 Å². The number of hydrogen-bond donors (Lipinski definition) is 1. The van der Waals surface area contributed by atoms with Crippen LogP contribution in [0.1, 0.15) is 32.6 Å². The third-order valence-corrected chi connectivity index (χ3v) is 4.74. The van der Waals surface area contributed by atoms with Gasteiger partial charge in [-0.1, -0.05) is 41.8 Å². The Hall–Kier alpha value is -0.540. The van der Waals surface area contributed by atoms with Crippen molar-refractivity contribution in [2.45, 2.75) is 38.6 Å². The van der Waals surface area contributed by atoms with E-state index in [-0.39, 0.29) is 0 Å². The lowest BCUT2D eigenvalue weighted by molar-refractivity contribution is 0.144. The summed E-state index contributed by atoms with van der Waals surface area (Å²) in [6.07, 6.45) is 5.59. The van der Waals surface area contributed by atoms with E-state index in [9.17, 15) is 0 Å². The Morgan fingerprint density at radius 2 is 2.11 bits per heavy atom. The Bertz CT molecular complexity index is 394. The molecule has 2 nitrogen and oxygen atoms in total. The van der Waals surface area contributed by atoms with Gasteiger partial charge in [0, 0.05) is 29.3 Å². The Kier molecular flexibility index (Phi) is 5.71. The molecule has 2 unspecified atom stereocenters. The standard InChI is InChI=1S/C16H25BrN2/c1-13-6-3-4-9-16(13)19(2)11-10-18-15-8-5-7-14(17)12-15/h5,7-8,12-13,16,18H,3-4,6,9-11H2,1-2H3. The summed E-state index contributed by atoms with van der Waals surface area (Å²) in [7, 11) is 2.27. The maximum Gasteiger partial charge on any atom is 0.0351 e. The topological polar surface area (TPSA) is 15.3 Å². The highest BCUT2D eigenvalue weighted by Crippen LogP contribution is 2.27. The summed E-state index contributed by atoms with van der Waals surface area (Å²) in [5.41, 5.74) is 1.19. The zero-order valence-corrected chi connectivity index (χ0v) is 13.6. The number of benzene rings is 1. The van der Waals surface area contributed by atoms with Crippen LogP contribution >= 0.6 is 15.9 Å². The number of likely N-dealkylation sites (N-methyl/N-ethyl adjacent to an activating group) is 1. The Balaban J connectivity index is 1.75. The number of hydrogen-bond acceptors (Lipinski definition) is 2. The van der Waals surface area contributed by atoms with E-state index >= 15 is 0 Å². The van der Waals surface area contributed by atoms with Gasteiger partial charge in [0.2, 0.25) is 0 Å². The van der Waals surface area contributed by atoms with Crippen LogP contribution in [0.3, 0.4) is 0 Å². The van der Waals surface area contributed by atoms with Gasteiger partial charge in [0.05, 0.1) is 0 Å². The lowest BCUT2D eigenvalue weighted by atomic mass is 9.85. The molecule has 0 aromatic heterocycles. The molecule has 1 aliphatic rings. The van der Waals surface area contributed by atoms with Crippen molar-refractivity contribution in [1.29, 1.82) is 0 Å². The number of rotatable bonds is 5. The van der Waals surface area contributed by atoms with Crippen LogP contribution in [0, 0.1) is 5.92 Å². The molecule has 1 aliphatic carbocycles. The summed E-state index contributed by atoms with van der Waals surface area (Å²) in [5, 5.41) is 3.50. The fraction of sp³-hybridized carbons (Fsp3) is 0.625. The van der Waals surface area contributed by atoms with E-state index in [1.807, 2.05) is 0 Å². The van der Waals surface area contributed by atoms with Gasteiger partial charge < -0.3 is 10.2 Å². The number of nitrogens with one attached hydrogen (secondary N) is 1. The van der Waals surface area contributed by atoms with Crippen molar-refractivity contribution < 1.29 is 0 Å². The number of halogens is 1. The van der Waals surface area contributed by atoms with E-state index in [0.29, 0.717) is 0 Å². The molecule has 1 aromatic rings. The first kappa shape index (κ1) is 14.9. The fourth-order valence-electron chi connectivity index (χ4n) is 3.09. The smallest absolute Gasteiger partial charge is 0.0351 e. The van der Waals surface area contributed by atoms with Gasteiger partial charge in [-0.05, 0) is 44.0 Å². The van der Waals surface area contributed by atoms with Gasteiger partial charge in [-0.25, -0.2) is 0 Å². The molecule has 0 spiro atoms. The highest BCUT2D eigenvalue weighted by atomic mass is 79.9. The van der Waals surface area contributed by atoms with E-state index in [0.717, 1.165) is 29.5 Å². The second-order valence-electron chi connectivity index (χ2n) is 5.75. The Morgan fingerprint density at radius 3 is 2.84 bits per heavy atom. The molecule has 0 aliphatic heterocycles. The van der Waals surface area contributed by atoms with E-state index in [1.54, 1.807) is 0 Å². The molecular formula is C16H25BrN2. The largest absolute Gasteiger partial charge is 0.384 e. The van der Waals surface area contributed by atoms with Gasteiger partial charge in [-0.2, -0.15) is 0 Å². The van der Waals surface area contributed by atoms with Gasteiger partial charge in [0.1, 0.15) is 0 Å². The molecule has 0 saturated heterocycles. The van der Waals surface area contributed by atoms with Gasteiger partial charge >= 0.3 is 0 Å². The van der Waals surface area contributed by atoms with E-state index in [4.69, 9.17) is 0 Å². The molecule has 1 aromatic carbocycles. The van der Waals surface area contributed by atoms with Crippen LogP contribution in [-0.2, 0) is 0 Å². The molecule has 19 heavy (non-hydrogen) atoms. The van der Waals surface area contributed by atoms with E-state index < -0.39 is 0 Å². The highest BCUT2D eigenvalue weighted by molar-refractivity contribution is 9.10. The van der Waals surface area contributed by atoms with Crippen LogP contribution in [0.5, 0.6) is 0 Å². The molecule has 0 radical (unpaired) electrons. The van der Waals surface area contributed by atoms with Crippen LogP contribution in [0.25, 0.3) is 0 Å². The van der Waals surface area contributed by atoms with Crippen molar-refractivity contribution in [3.05, 3.63) is 28.7 Å². The highest BCUT2D eigenvalue weighted by Gasteiger charge is 2.24. The van der Waals surface area contributed by atoms with Gasteiger partial charge in [0.15, 0.2) is 0 Å². The molecule has 106 valence electrons. The van der Waals surface area contributed by atoms with Crippen molar-refractivity contribution in [3.8, 4) is 0 Å². The minimum Gasteiger partial charge on any atom is -0.384 e. The minimum atomic E-state index is 0.776. The molecule has 1 saturated carbocycles. The van der Waals surface area contributed by atoms with Gasteiger partial charge in [-0.3, -0.25) is 0 Å². The molecule has 0 amide bonds. The summed E-state index contributed by atoms with van der Waals surface area (Å²) in [5.74, 6) is 0.851. The number of nitrogens with zero attached hydrogens (tertiary/aromatic N) is 1. The van der Waals surface area contributed by atoms with Crippen LogP contribution in [0.4, 0.5) is 5.69 Å². The van der Waals surface area contributed by atoms with E-state index in [2.05, 4.69) is 64.4 Å². The summed E-state index contributed by atoms with van der Waals surface area (Å²) in [6, 6.07) is 9.15. The second kappa shape index (κ2) is 7.30. The zero-order chi connectivity index (χ0) is 13.7. The monoisotopic (exact) mass is 324 g/mol. The summed E-state index contributed by atoms with van der Waals surface area (Å²) >= 11 is 3.50. The molecule has 3 heteroatoms. The lowest BCUT2D eigenvalue weighted by Gasteiger charge is -2.36. The molecule has 1 fully saturated rings. The van der Waals surface area contributed by atoms with Crippen molar-refractivity contribution in [3.63, 3.8) is 0 Å². The first-order valence-electron chi connectivity index (χ1n) is 7.36. The maximum absolute atomic E-state index is 3.50. The SMILES string of the molecule is CC1CCCCC1N(C)CCNc1cccc(Br)c1. The molecule has 2 rings (SSSR count). The average molecular weight is 325 g/mol. The van der Waals surface area contributed by atoms with Gasteiger partial charge in [0.25, 0.3) is 0 Å². The summed E-state index contributed by atoms with van der Waals surface area (Å²) in [6.45, 7) is 4.53. The quantitative estimate of drug-likeness (QED) is 0.865. The minimum absolute atomic E-state index is 0.776. The normalized spacial score (nSPS) is 23.6. The predicted molar refractivity (Wildman–Crippen MR) is 86.7 cm³/mol. The van der Waals surface area contributed by atoms with Crippen molar-refractivity contribution >= 4 is 21.6 Å². The third kappa shape index (κ3) is 4.50. The van der Waals surface area contributed by atoms with Crippen LogP contribution < -0.4 is 5.32 Å². The molecule has 1 N–H and O–H groups in total.